The molecule has 0 bridgehead atoms. The SMILES string of the molecule is CC1CCN(c2cccccc2=O)CC1. The molecule has 0 saturated carbocycles. The highest BCUT2D eigenvalue weighted by atomic mass is 16.1. The van der Waals surface area contributed by atoms with Crippen LogP contribution in [0.2, 0.25) is 0 Å². The molecule has 0 aromatic heterocycles. The van der Waals surface area contributed by atoms with Crippen molar-refractivity contribution in [3.8, 4) is 0 Å². The summed E-state index contributed by atoms with van der Waals surface area (Å²) in [4.78, 5) is 14.0. The molecular weight excluding hydrogens is 186 g/mol. The van der Waals surface area contributed by atoms with Crippen LogP contribution in [-0.4, -0.2) is 13.1 Å². The highest BCUT2D eigenvalue weighted by Gasteiger charge is 2.16. The molecule has 0 amide bonds. The van der Waals surface area contributed by atoms with Gasteiger partial charge in [-0.15, -0.1) is 0 Å². The van der Waals surface area contributed by atoms with Gasteiger partial charge in [-0.1, -0.05) is 25.1 Å². The first-order valence-electron chi connectivity index (χ1n) is 5.61. The summed E-state index contributed by atoms with van der Waals surface area (Å²) in [6, 6.07) is 9.22. The Bertz CT molecular complexity index is 380. The zero-order valence-corrected chi connectivity index (χ0v) is 9.15. The van der Waals surface area contributed by atoms with E-state index in [2.05, 4.69) is 11.8 Å². The number of hydrogen-bond donors (Lipinski definition) is 0. The second-order valence-corrected chi connectivity index (χ2v) is 4.33. The van der Waals surface area contributed by atoms with E-state index >= 15 is 0 Å². The third-order valence-corrected chi connectivity index (χ3v) is 3.10. The highest BCUT2D eigenvalue weighted by molar-refractivity contribution is 5.45. The second kappa shape index (κ2) is 4.47. The van der Waals surface area contributed by atoms with E-state index in [1.165, 1.54) is 12.8 Å². The predicted molar refractivity (Wildman–Crippen MR) is 63.3 cm³/mol. The maximum absolute atomic E-state index is 11.8. The van der Waals surface area contributed by atoms with Gasteiger partial charge in [0.25, 0.3) is 0 Å². The summed E-state index contributed by atoms with van der Waals surface area (Å²) in [5, 5.41) is 0. The third kappa shape index (κ3) is 2.38. The molecule has 2 rings (SSSR count). The van der Waals surface area contributed by atoms with Gasteiger partial charge < -0.3 is 4.90 Å². The molecule has 1 aliphatic rings. The fraction of sp³-hybridized carbons (Fsp3) is 0.462. The first kappa shape index (κ1) is 10.2. The smallest absolute Gasteiger partial charge is 0.201 e. The van der Waals surface area contributed by atoms with Gasteiger partial charge in [-0.3, -0.25) is 4.79 Å². The number of nitrogens with zero attached hydrogens (tertiary/aromatic N) is 1. The Balaban J connectivity index is 2.24. The molecule has 1 aromatic rings. The maximum Gasteiger partial charge on any atom is 0.201 e. The number of piperidine rings is 1. The molecule has 80 valence electrons. The Labute approximate surface area is 90.5 Å². The van der Waals surface area contributed by atoms with Crippen molar-refractivity contribution in [1.29, 1.82) is 0 Å². The van der Waals surface area contributed by atoms with Crippen molar-refractivity contribution >= 4 is 5.69 Å². The molecule has 0 spiro atoms. The van der Waals surface area contributed by atoms with E-state index in [-0.39, 0.29) is 5.43 Å². The Kier molecular flexibility index (Phi) is 3.05. The van der Waals surface area contributed by atoms with Gasteiger partial charge in [0.1, 0.15) is 0 Å². The summed E-state index contributed by atoms with van der Waals surface area (Å²) in [5.74, 6) is 0.800. The van der Waals surface area contributed by atoms with E-state index in [4.69, 9.17) is 0 Å². The number of rotatable bonds is 1. The van der Waals surface area contributed by atoms with Gasteiger partial charge in [-0.05, 0) is 30.9 Å². The largest absolute Gasteiger partial charge is 0.368 e. The van der Waals surface area contributed by atoms with Crippen LogP contribution in [0.4, 0.5) is 5.69 Å². The van der Waals surface area contributed by atoms with Gasteiger partial charge in [0.05, 0.1) is 5.69 Å². The molecule has 0 N–H and O–H groups in total. The van der Waals surface area contributed by atoms with Crippen molar-refractivity contribution in [2.75, 3.05) is 18.0 Å². The van der Waals surface area contributed by atoms with Gasteiger partial charge in [-0.25, -0.2) is 0 Å². The molecular formula is C13H17NO. The fourth-order valence-electron chi connectivity index (χ4n) is 2.03. The van der Waals surface area contributed by atoms with Crippen molar-refractivity contribution < 1.29 is 0 Å². The lowest BCUT2D eigenvalue weighted by atomic mass is 9.99. The van der Waals surface area contributed by atoms with Gasteiger partial charge >= 0.3 is 0 Å². The molecule has 1 saturated heterocycles. The average molecular weight is 203 g/mol. The van der Waals surface area contributed by atoms with Crippen molar-refractivity contribution in [1.82, 2.24) is 0 Å². The Hall–Kier alpha value is -1.31. The van der Waals surface area contributed by atoms with Gasteiger partial charge in [0, 0.05) is 13.1 Å². The Morgan fingerprint density at radius 1 is 1.13 bits per heavy atom. The first-order valence-corrected chi connectivity index (χ1v) is 5.61. The standard InChI is InChI=1S/C13H17NO/c1-11-7-9-14(10-8-11)12-5-3-2-4-6-13(12)15/h2-6,11H,7-10H2,1H3. The van der Waals surface area contributed by atoms with Crippen LogP contribution in [0.1, 0.15) is 19.8 Å². The summed E-state index contributed by atoms with van der Waals surface area (Å²) >= 11 is 0. The van der Waals surface area contributed by atoms with Crippen molar-refractivity contribution in [3.63, 3.8) is 0 Å². The van der Waals surface area contributed by atoms with Gasteiger partial charge in [0.15, 0.2) is 0 Å². The topological polar surface area (TPSA) is 20.3 Å². The summed E-state index contributed by atoms with van der Waals surface area (Å²) in [7, 11) is 0. The molecule has 0 aliphatic carbocycles. The van der Waals surface area contributed by atoms with Crippen LogP contribution >= 0.6 is 0 Å². The highest BCUT2D eigenvalue weighted by Crippen LogP contribution is 2.19. The number of anilines is 1. The van der Waals surface area contributed by atoms with Gasteiger partial charge in [0.2, 0.25) is 5.43 Å². The van der Waals surface area contributed by atoms with E-state index in [0.717, 1.165) is 24.7 Å². The van der Waals surface area contributed by atoms with Crippen LogP contribution in [0, 0.1) is 5.92 Å². The minimum atomic E-state index is 0.134. The lowest BCUT2D eigenvalue weighted by molar-refractivity contribution is 0.438. The zero-order valence-electron chi connectivity index (χ0n) is 9.15. The van der Waals surface area contributed by atoms with Crippen LogP contribution < -0.4 is 10.3 Å². The van der Waals surface area contributed by atoms with E-state index in [9.17, 15) is 4.79 Å². The Morgan fingerprint density at radius 2 is 1.80 bits per heavy atom. The van der Waals surface area contributed by atoms with Crippen LogP contribution in [0.5, 0.6) is 0 Å². The van der Waals surface area contributed by atoms with Gasteiger partial charge in [-0.2, -0.15) is 0 Å². The predicted octanol–water partition coefficient (Wildman–Crippen LogP) is 2.28. The quantitative estimate of drug-likeness (QED) is 0.698. The monoisotopic (exact) mass is 203 g/mol. The normalized spacial score (nSPS) is 17.8. The molecule has 1 aromatic carbocycles. The van der Waals surface area contributed by atoms with Crippen molar-refractivity contribution in [2.45, 2.75) is 19.8 Å². The minimum absolute atomic E-state index is 0.134. The summed E-state index contributed by atoms with van der Waals surface area (Å²) in [6.45, 7) is 4.31. The number of hydrogen-bond acceptors (Lipinski definition) is 2. The molecule has 1 fully saturated rings. The van der Waals surface area contributed by atoms with Crippen molar-refractivity contribution in [3.05, 3.63) is 40.6 Å². The summed E-state index contributed by atoms with van der Waals surface area (Å²) < 4.78 is 0. The van der Waals surface area contributed by atoms with Crippen LogP contribution in [0.3, 0.4) is 0 Å². The van der Waals surface area contributed by atoms with E-state index < -0.39 is 0 Å². The van der Waals surface area contributed by atoms with E-state index in [1.54, 1.807) is 12.1 Å². The van der Waals surface area contributed by atoms with E-state index in [0.29, 0.717) is 0 Å². The molecule has 0 atom stereocenters. The fourth-order valence-corrected chi connectivity index (χ4v) is 2.03. The first-order chi connectivity index (χ1) is 7.27. The van der Waals surface area contributed by atoms with E-state index in [1.807, 2.05) is 18.2 Å². The maximum atomic E-state index is 11.8. The van der Waals surface area contributed by atoms with Crippen molar-refractivity contribution in [2.24, 2.45) is 5.92 Å². The second-order valence-electron chi connectivity index (χ2n) is 4.33. The lowest BCUT2D eigenvalue weighted by Gasteiger charge is -2.31. The van der Waals surface area contributed by atoms with Crippen LogP contribution in [0.15, 0.2) is 35.1 Å². The molecule has 15 heavy (non-hydrogen) atoms. The average Bonchev–Trinajstić information content (AvgIpc) is 2.44. The summed E-state index contributed by atoms with van der Waals surface area (Å²) in [5.41, 5.74) is 0.987. The molecule has 1 aliphatic heterocycles. The Morgan fingerprint density at radius 3 is 2.53 bits per heavy atom. The molecule has 1 heterocycles. The molecule has 2 nitrogen and oxygen atoms in total. The molecule has 0 unspecified atom stereocenters. The molecule has 2 heteroatoms. The zero-order chi connectivity index (χ0) is 10.7. The summed E-state index contributed by atoms with van der Waals surface area (Å²) in [6.07, 6.45) is 2.39. The third-order valence-electron chi connectivity index (χ3n) is 3.10. The van der Waals surface area contributed by atoms with Crippen LogP contribution in [-0.2, 0) is 0 Å². The van der Waals surface area contributed by atoms with Crippen LogP contribution in [0.25, 0.3) is 0 Å². The molecule has 0 radical (unpaired) electrons. The lowest BCUT2D eigenvalue weighted by Crippen LogP contribution is -2.35. The minimum Gasteiger partial charge on any atom is -0.368 e.